The van der Waals surface area contributed by atoms with Crippen molar-refractivity contribution in [1.29, 1.82) is 0 Å². The van der Waals surface area contributed by atoms with E-state index in [0.717, 1.165) is 5.56 Å². The topological polar surface area (TPSA) is 93.3 Å². The summed E-state index contributed by atoms with van der Waals surface area (Å²) in [5.74, 6) is 0.933. The summed E-state index contributed by atoms with van der Waals surface area (Å²) in [5, 5.41) is 10.2. The molecular weight excluding hydrogens is 358 g/mol. The van der Waals surface area contributed by atoms with Gasteiger partial charge in [0.25, 0.3) is 11.5 Å². The van der Waals surface area contributed by atoms with Gasteiger partial charge >= 0.3 is 0 Å². The number of hydrogen-bond donors (Lipinski definition) is 2. The molecule has 28 heavy (non-hydrogen) atoms. The molecule has 1 aromatic heterocycles. The number of fused-ring (bicyclic) bond motifs is 1. The van der Waals surface area contributed by atoms with Crippen LogP contribution in [-0.4, -0.2) is 29.3 Å². The van der Waals surface area contributed by atoms with E-state index >= 15 is 0 Å². The van der Waals surface area contributed by atoms with E-state index in [0.29, 0.717) is 35.5 Å². The van der Waals surface area contributed by atoms with Gasteiger partial charge in [-0.05, 0) is 44.5 Å². The lowest BCUT2D eigenvalue weighted by atomic mass is 10.1. The molecule has 7 heteroatoms. The van der Waals surface area contributed by atoms with Gasteiger partial charge in [-0.2, -0.15) is 5.10 Å². The predicted molar refractivity (Wildman–Crippen MR) is 107 cm³/mol. The highest BCUT2D eigenvalue weighted by molar-refractivity contribution is 6.04. The number of aromatic amines is 1. The summed E-state index contributed by atoms with van der Waals surface area (Å²) in [5.41, 5.74) is 0.722. The van der Waals surface area contributed by atoms with Crippen molar-refractivity contribution in [3.8, 4) is 11.5 Å². The molecule has 0 aliphatic carbocycles. The molecule has 2 aromatic carbocycles. The molecule has 0 bridgehead atoms. The molecule has 1 unspecified atom stereocenters. The van der Waals surface area contributed by atoms with Crippen molar-refractivity contribution < 1.29 is 14.3 Å². The Morgan fingerprint density at radius 2 is 1.75 bits per heavy atom. The maximum absolute atomic E-state index is 12.8. The van der Waals surface area contributed by atoms with Crippen LogP contribution in [0.1, 0.15) is 42.9 Å². The fourth-order valence-electron chi connectivity index (χ4n) is 2.97. The third kappa shape index (κ3) is 3.98. The van der Waals surface area contributed by atoms with E-state index in [-0.39, 0.29) is 23.2 Å². The molecule has 0 aliphatic rings. The van der Waals surface area contributed by atoms with Gasteiger partial charge in [0.1, 0.15) is 0 Å². The van der Waals surface area contributed by atoms with E-state index < -0.39 is 0 Å². The Morgan fingerprint density at radius 1 is 1.07 bits per heavy atom. The van der Waals surface area contributed by atoms with Crippen molar-refractivity contribution >= 4 is 16.7 Å². The first-order valence-electron chi connectivity index (χ1n) is 9.23. The average molecular weight is 381 g/mol. The quantitative estimate of drug-likeness (QED) is 0.655. The molecule has 1 heterocycles. The van der Waals surface area contributed by atoms with Crippen molar-refractivity contribution in [2.75, 3.05) is 13.2 Å². The van der Waals surface area contributed by atoms with Gasteiger partial charge in [0.15, 0.2) is 17.2 Å². The number of ether oxygens (including phenoxy) is 2. The molecule has 0 saturated carbocycles. The van der Waals surface area contributed by atoms with E-state index in [2.05, 4.69) is 15.5 Å². The minimum atomic E-state index is -0.369. The largest absolute Gasteiger partial charge is 0.490 e. The number of rotatable bonds is 7. The second-order valence-corrected chi connectivity index (χ2v) is 6.21. The Morgan fingerprint density at radius 3 is 2.46 bits per heavy atom. The molecule has 0 saturated heterocycles. The summed E-state index contributed by atoms with van der Waals surface area (Å²) >= 11 is 0. The Labute approximate surface area is 162 Å². The van der Waals surface area contributed by atoms with Crippen molar-refractivity contribution in [2.45, 2.75) is 26.8 Å². The number of hydrogen-bond acceptors (Lipinski definition) is 5. The Hall–Kier alpha value is -3.35. The van der Waals surface area contributed by atoms with E-state index in [9.17, 15) is 9.59 Å². The van der Waals surface area contributed by atoms with E-state index in [4.69, 9.17) is 9.47 Å². The highest BCUT2D eigenvalue weighted by atomic mass is 16.5. The van der Waals surface area contributed by atoms with Crippen molar-refractivity contribution in [2.24, 2.45) is 0 Å². The van der Waals surface area contributed by atoms with E-state index in [1.807, 2.05) is 39.0 Å². The molecule has 146 valence electrons. The monoisotopic (exact) mass is 381 g/mol. The number of carbonyl (C=O) groups is 1. The number of nitrogens with zero attached hydrogens (tertiary/aromatic N) is 1. The highest BCUT2D eigenvalue weighted by Gasteiger charge is 2.18. The summed E-state index contributed by atoms with van der Waals surface area (Å²) in [6.07, 6.45) is 0. The van der Waals surface area contributed by atoms with Crippen LogP contribution < -0.4 is 20.3 Å². The molecular formula is C21H23N3O4. The molecule has 0 spiro atoms. The molecule has 3 rings (SSSR count). The second-order valence-electron chi connectivity index (χ2n) is 6.21. The van der Waals surface area contributed by atoms with Gasteiger partial charge in [-0.25, -0.2) is 5.10 Å². The van der Waals surface area contributed by atoms with E-state index in [1.54, 1.807) is 24.3 Å². The molecule has 0 aliphatic heterocycles. The first-order valence-corrected chi connectivity index (χ1v) is 9.23. The molecule has 3 aromatic rings. The Bertz CT molecular complexity index is 1050. The third-order valence-electron chi connectivity index (χ3n) is 4.33. The minimum absolute atomic E-state index is 0.179. The number of H-pyrrole nitrogens is 1. The fourth-order valence-corrected chi connectivity index (χ4v) is 2.97. The zero-order valence-electron chi connectivity index (χ0n) is 16.1. The number of nitrogens with one attached hydrogen (secondary N) is 2. The van der Waals surface area contributed by atoms with Crippen LogP contribution in [0.2, 0.25) is 0 Å². The lowest BCUT2D eigenvalue weighted by Crippen LogP contribution is -2.29. The standard InChI is InChI=1S/C21H23N3O4/c1-4-27-17-11-10-14(12-18(17)28-5-2)13(3)22-21(26)19-15-8-6-7-9-16(15)20(25)24-23-19/h6-13H,4-5H2,1-3H3,(H,22,26)(H,24,25). The Balaban J connectivity index is 1.86. The zero-order valence-corrected chi connectivity index (χ0v) is 16.1. The minimum Gasteiger partial charge on any atom is -0.490 e. The van der Waals surface area contributed by atoms with Crippen LogP contribution in [0.25, 0.3) is 10.8 Å². The van der Waals surface area contributed by atoms with Crippen LogP contribution in [0.4, 0.5) is 0 Å². The maximum atomic E-state index is 12.8. The number of carbonyl (C=O) groups excluding carboxylic acids is 1. The van der Waals surface area contributed by atoms with E-state index in [1.165, 1.54) is 0 Å². The summed E-state index contributed by atoms with van der Waals surface area (Å²) in [6, 6.07) is 12.2. The highest BCUT2D eigenvalue weighted by Crippen LogP contribution is 2.30. The van der Waals surface area contributed by atoms with Crippen LogP contribution in [0.5, 0.6) is 11.5 Å². The molecule has 1 amide bonds. The summed E-state index contributed by atoms with van der Waals surface area (Å²) in [4.78, 5) is 24.7. The molecule has 7 nitrogen and oxygen atoms in total. The van der Waals surface area contributed by atoms with Gasteiger partial charge < -0.3 is 14.8 Å². The van der Waals surface area contributed by atoms with Crippen LogP contribution in [0, 0.1) is 0 Å². The first kappa shape index (κ1) is 19.4. The molecule has 1 atom stereocenters. The van der Waals surface area contributed by atoms with Crippen LogP contribution >= 0.6 is 0 Å². The maximum Gasteiger partial charge on any atom is 0.272 e. The number of amides is 1. The predicted octanol–water partition coefficient (Wildman–Crippen LogP) is 3.21. The number of aromatic nitrogens is 2. The lowest BCUT2D eigenvalue weighted by molar-refractivity contribution is 0.0935. The first-order chi connectivity index (χ1) is 13.5. The van der Waals surface area contributed by atoms with Gasteiger partial charge in [0, 0.05) is 5.39 Å². The van der Waals surface area contributed by atoms with Crippen LogP contribution in [0.3, 0.4) is 0 Å². The van der Waals surface area contributed by atoms with Gasteiger partial charge in [-0.15, -0.1) is 0 Å². The molecule has 2 N–H and O–H groups in total. The SMILES string of the molecule is CCOc1ccc(C(C)NC(=O)c2n[nH]c(=O)c3ccccc23)cc1OCC. The molecule has 0 radical (unpaired) electrons. The third-order valence-corrected chi connectivity index (χ3v) is 4.33. The summed E-state index contributed by atoms with van der Waals surface area (Å²) in [6.45, 7) is 6.74. The van der Waals surface area contributed by atoms with Gasteiger partial charge in [-0.1, -0.05) is 24.3 Å². The summed E-state index contributed by atoms with van der Waals surface area (Å²) < 4.78 is 11.2. The van der Waals surface area contributed by atoms with Gasteiger partial charge in [-0.3, -0.25) is 9.59 Å². The smallest absolute Gasteiger partial charge is 0.272 e. The van der Waals surface area contributed by atoms with Gasteiger partial charge in [0.05, 0.1) is 24.6 Å². The average Bonchev–Trinajstić information content (AvgIpc) is 2.70. The normalized spacial score (nSPS) is 11.8. The van der Waals surface area contributed by atoms with Gasteiger partial charge in [0.2, 0.25) is 0 Å². The fraction of sp³-hybridized carbons (Fsp3) is 0.286. The molecule has 0 fully saturated rings. The van der Waals surface area contributed by atoms with Crippen molar-refractivity contribution in [1.82, 2.24) is 15.5 Å². The number of benzene rings is 2. The summed E-state index contributed by atoms with van der Waals surface area (Å²) in [7, 11) is 0. The second kappa shape index (κ2) is 8.56. The van der Waals surface area contributed by atoms with Crippen LogP contribution in [-0.2, 0) is 0 Å². The zero-order chi connectivity index (χ0) is 20.1. The van der Waals surface area contributed by atoms with Crippen molar-refractivity contribution in [3.63, 3.8) is 0 Å². The van der Waals surface area contributed by atoms with Crippen molar-refractivity contribution in [3.05, 3.63) is 64.1 Å². The van der Waals surface area contributed by atoms with Crippen LogP contribution in [0.15, 0.2) is 47.3 Å². The lowest BCUT2D eigenvalue weighted by Gasteiger charge is -2.17. The Kier molecular flexibility index (Phi) is 5.93.